The van der Waals surface area contributed by atoms with Gasteiger partial charge in [-0.1, -0.05) is 44.2 Å². The number of benzene rings is 2. The minimum atomic E-state index is -3.55. The van der Waals surface area contributed by atoms with Crippen LogP contribution >= 0.6 is 0 Å². The van der Waals surface area contributed by atoms with Gasteiger partial charge in [0.25, 0.3) is 0 Å². The van der Waals surface area contributed by atoms with Crippen molar-refractivity contribution in [2.24, 2.45) is 5.92 Å². The fraction of sp³-hybridized carbons (Fsp3) is 0.267. The van der Waals surface area contributed by atoms with Gasteiger partial charge >= 0.3 is 0 Å². The van der Waals surface area contributed by atoms with Crippen molar-refractivity contribution in [2.45, 2.75) is 18.7 Å². The molecule has 100 valence electrons. The Hall–Kier alpha value is -1.68. The molecule has 0 fully saturated rings. The van der Waals surface area contributed by atoms with Gasteiger partial charge in [0.2, 0.25) is 0 Å². The van der Waals surface area contributed by atoms with Crippen molar-refractivity contribution in [3.8, 4) is 0 Å². The third-order valence-electron chi connectivity index (χ3n) is 3.06. The number of rotatable bonds is 4. The molecule has 2 aromatic carbocycles. The summed E-state index contributed by atoms with van der Waals surface area (Å²) in [6.45, 7) is 3.41. The first-order valence-corrected chi connectivity index (χ1v) is 7.79. The van der Waals surface area contributed by atoms with Gasteiger partial charge in [0.05, 0.1) is 4.90 Å². The number of carbonyl (C=O) groups is 1. The lowest BCUT2D eigenvalue weighted by molar-refractivity contribution is -0.119. The van der Waals surface area contributed by atoms with E-state index in [9.17, 15) is 13.2 Å². The van der Waals surface area contributed by atoms with Crippen LogP contribution in [0.25, 0.3) is 10.8 Å². The van der Waals surface area contributed by atoms with Crippen LogP contribution in [0, 0.1) is 5.92 Å². The Kier molecular flexibility index (Phi) is 3.71. The van der Waals surface area contributed by atoms with E-state index < -0.39 is 15.6 Å². The molecule has 0 N–H and O–H groups in total. The number of hydrogen-bond donors (Lipinski definition) is 0. The fourth-order valence-corrected chi connectivity index (χ4v) is 3.25. The van der Waals surface area contributed by atoms with Crippen molar-refractivity contribution < 1.29 is 13.2 Å². The first kappa shape index (κ1) is 13.7. The van der Waals surface area contributed by atoms with E-state index in [0.29, 0.717) is 0 Å². The summed E-state index contributed by atoms with van der Waals surface area (Å²) in [5.41, 5.74) is 0. The molecule has 0 atom stereocenters. The summed E-state index contributed by atoms with van der Waals surface area (Å²) in [6.07, 6.45) is 0. The van der Waals surface area contributed by atoms with Crippen molar-refractivity contribution in [3.05, 3.63) is 42.5 Å². The monoisotopic (exact) mass is 276 g/mol. The van der Waals surface area contributed by atoms with Gasteiger partial charge in [0.1, 0.15) is 5.75 Å². The van der Waals surface area contributed by atoms with E-state index in [2.05, 4.69) is 0 Å². The molecule has 3 nitrogen and oxygen atoms in total. The van der Waals surface area contributed by atoms with Gasteiger partial charge in [-0.25, -0.2) is 8.42 Å². The van der Waals surface area contributed by atoms with Crippen LogP contribution in [0.2, 0.25) is 0 Å². The number of Topliss-reactive ketones (excluding diaryl/α,β-unsaturated/α-hetero) is 1. The van der Waals surface area contributed by atoms with Crippen molar-refractivity contribution >= 4 is 26.4 Å². The van der Waals surface area contributed by atoms with Crippen molar-refractivity contribution in [1.29, 1.82) is 0 Å². The number of fused-ring (bicyclic) bond motifs is 1. The molecule has 0 aromatic heterocycles. The molecule has 0 aliphatic carbocycles. The summed E-state index contributed by atoms with van der Waals surface area (Å²) in [4.78, 5) is 11.8. The number of ketones is 1. The Morgan fingerprint density at radius 2 is 1.68 bits per heavy atom. The van der Waals surface area contributed by atoms with Crippen molar-refractivity contribution in [2.75, 3.05) is 5.75 Å². The summed E-state index contributed by atoms with van der Waals surface area (Å²) in [5.74, 6) is -0.952. The number of sulfone groups is 1. The summed E-state index contributed by atoms with van der Waals surface area (Å²) in [5, 5.41) is 1.84. The molecule has 0 aliphatic heterocycles. The molecule has 0 aliphatic rings. The third kappa shape index (κ3) is 3.01. The van der Waals surface area contributed by atoms with E-state index in [1.54, 1.807) is 32.0 Å². The van der Waals surface area contributed by atoms with Crippen LogP contribution < -0.4 is 0 Å². The first-order valence-electron chi connectivity index (χ1n) is 6.14. The Balaban J connectivity index is 2.40. The molecule has 0 unspecified atom stereocenters. The molecule has 0 saturated carbocycles. The molecule has 0 bridgehead atoms. The van der Waals surface area contributed by atoms with Crippen LogP contribution in [-0.4, -0.2) is 20.0 Å². The predicted molar refractivity (Wildman–Crippen MR) is 75.8 cm³/mol. The topological polar surface area (TPSA) is 51.2 Å². The number of carbonyl (C=O) groups excluding carboxylic acids is 1. The molecular weight excluding hydrogens is 260 g/mol. The van der Waals surface area contributed by atoms with Gasteiger partial charge in [-0.15, -0.1) is 0 Å². The SMILES string of the molecule is CC(C)C(=O)CS(=O)(=O)c1ccc2ccccc2c1. The zero-order valence-electron chi connectivity index (χ0n) is 11.0. The van der Waals surface area contributed by atoms with Gasteiger partial charge in [0.15, 0.2) is 15.6 Å². The Morgan fingerprint density at radius 3 is 2.32 bits per heavy atom. The standard InChI is InChI=1S/C15H16O3S/c1-11(2)15(16)10-19(17,18)14-8-7-12-5-3-4-6-13(12)9-14/h3-9,11H,10H2,1-2H3. The van der Waals surface area contributed by atoms with Crippen LogP contribution in [0.4, 0.5) is 0 Å². The molecule has 0 heterocycles. The lowest BCUT2D eigenvalue weighted by Crippen LogP contribution is -2.20. The van der Waals surface area contributed by atoms with Crippen LogP contribution in [0.3, 0.4) is 0 Å². The minimum absolute atomic E-state index is 0.209. The average molecular weight is 276 g/mol. The summed E-state index contributed by atoms with van der Waals surface area (Å²) in [6, 6.07) is 12.5. The van der Waals surface area contributed by atoms with Crippen LogP contribution in [-0.2, 0) is 14.6 Å². The fourth-order valence-electron chi connectivity index (χ4n) is 1.80. The third-order valence-corrected chi connectivity index (χ3v) is 4.69. The van der Waals surface area contributed by atoms with E-state index in [1.165, 1.54) is 0 Å². The summed E-state index contributed by atoms with van der Waals surface area (Å²) in [7, 11) is -3.55. The predicted octanol–water partition coefficient (Wildman–Crippen LogP) is 2.84. The van der Waals surface area contributed by atoms with Crippen LogP contribution in [0.15, 0.2) is 47.4 Å². The summed E-state index contributed by atoms with van der Waals surface area (Å²) < 4.78 is 24.3. The van der Waals surface area contributed by atoms with E-state index in [4.69, 9.17) is 0 Å². The first-order chi connectivity index (χ1) is 8.90. The largest absolute Gasteiger partial charge is 0.298 e. The molecule has 4 heteroatoms. The van der Waals surface area contributed by atoms with Gasteiger partial charge in [-0.05, 0) is 22.9 Å². The van der Waals surface area contributed by atoms with Gasteiger partial charge in [-0.3, -0.25) is 4.79 Å². The molecule has 0 saturated heterocycles. The second kappa shape index (κ2) is 5.13. The highest BCUT2D eigenvalue weighted by molar-refractivity contribution is 7.92. The maximum absolute atomic E-state index is 12.2. The second-order valence-electron chi connectivity index (χ2n) is 4.89. The van der Waals surface area contributed by atoms with Crippen molar-refractivity contribution in [1.82, 2.24) is 0 Å². The quantitative estimate of drug-likeness (QED) is 0.862. The molecular formula is C15H16O3S. The van der Waals surface area contributed by atoms with Gasteiger partial charge in [0, 0.05) is 5.92 Å². The Labute approximate surface area is 113 Å². The van der Waals surface area contributed by atoms with E-state index >= 15 is 0 Å². The lowest BCUT2D eigenvalue weighted by atomic mass is 10.1. The van der Waals surface area contributed by atoms with Crippen LogP contribution in [0.5, 0.6) is 0 Å². The maximum Gasteiger partial charge on any atom is 0.185 e. The Bertz CT molecular complexity index is 715. The van der Waals surface area contributed by atoms with Crippen LogP contribution in [0.1, 0.15) is 13.8 Å². The highest BCUT2D eigenvalue weighted by atomic mass is 32.2. The Morgan fingerprint density at radius 1 is 1.05 bits per heavy atom. The molecule has 0 amide bonds. The molecule has 0 spiro atoms. The molecule has 2 rings (SSSR count). The normalized spacial score (nSPS) is 11.9. The lowest BCUT2D eigenvalue weighted by Gasteiger charge is -2.07. The zero-order valence-corrected chi connectivity index (χ0v) is 11.8. The summed E-state index contributed by atoms with van der Waals surface area (Å²) >= 11 is 0. The van der Waals surface area contributed by atoms with E-state index in [0.717, 1.165) is 10.8 Å². The zero-order chi connectivity index (χ0) is 14.0. The smallest absolute Gasteiger partial charge is 0.185 e. The minimum Gasteiger partial charge on any atom is -0.298 e. The highest BCUT2D eigenvalue weighted by Crippen LogP contribution is 2.20. The number of hydrogen-bond acceptors (Lipinski definition) is 3. The molecule has 0 radical (unpaired) electrons. The maximum atomic E-state index is 12.2. The van der Waals surface area contributed by atoms with Gasteiger partial charge < -0.3 is 0 Å². The average Bonchev–Trinajstić information content (AvgIpc) is 2.37. The van der Waals surface area contributed by atoms with Gasteiger partial charge in [-0.2, -0.15) is 0 Å². The van der Waals surface area contributed by atoms with E-state index in [-0.39, 0.29) is 16.6 Å². The second-order valence-corrected chi connectivity index (χ2v) is 6.88. The molecule has 2 aromatic rings. The van der Waals surface area contributed by atoms with Crippen molar-refractivity contribution in [3.63, 3.8) is 0 Å². The van der Waals surface area contributed by atoms with E-state index in [1.807, 2.05) is 24.3 Å². The molecule has 19 heavy (non-hydrogen) atoms. The highest BCUT2D eigenvalue weighted by Gasteiger charge is 2.21.